The summed E-state index contributed by atoms with van der Waals surface area (Å²) >= 11 is 0. The SMILES string of the molecule is CN=C(NCC1CCN(CCc2ccccc2)C1)NC1CCC(C)CC1. The van der Waals surface area contributed by atoms with E-state index in [1.807, 2.05) is 7.05 Å². The Morgan fingerprint density at radius 3 is 2.62 bits per heavy atom. The molecule has 0 bridgehead atoms. The molecule has 1 saturated carbocycles. The molecule has 2 aliphatic rings. The lowest BCUT2D eigenvalue weighted by Crippen LogP contribution is -2.46. The van der Waals surface area contributed by atoms with Crippen molar-refractivity contribution >= 4 is 5.96 Å². The number of aliphatic imine (C=N–C) groups is 1. The Kier molecular flexibility index (Phi) is 7.36. The highest BCUT2D eigenvalue weighted by Gasteiger charge is 2.23. The van der Waals surface area contributed by atoms with Gasteiger partial charge in [-0.15, -0.1) is 0 Å². The third kappa shape index (κ3) is 6.01. The molecule has 1 aliphatic carbocycles. The van der Waals surface area contributed by atoms with E-state index in [1.165, 1.54) is 57.3 Å². The summed E-state index contributed by atoms with van der Waals surface area (Å²) in [6.45, 7) is 7.01. The second-order valence-electron chi connectivity index (χ2n) is 8.25. The Hall–Kier alpha value is -1.55. The van der Waals surface area contributed by atoms with Crippen molar-refractivity contribution in [2.75, 3.05) is 33.2 Å². The number of guanidine groups is 1. The molecule has 26 heavy (non-hydrogen) atoms. The minimum atomic E-state index is 0.600. The minimum Gasteiger partial charge on any atom is -0.356 e. The first-order valence-corrected chi connectivity index (χ1v) is 10.5. The number of likely N-dealkylation sites (tertiary alicyclic amines) is 1. The lowest BCUT2D eigenvalue weighted by Gasteiger charge is -2.28. The summed E-state index contributed by atoms with van der Waals surface area (Å²) in [5.74, 6) is 2.62. The van der Waals surface area contributed by atoms with Gasteiger partial charge in [0.2, 0.25) is 0 Å². The molecule has 1 saturated heterocycles. The monoisotopic (exact) mass is 356 g/mol. The molecule has 1 unspecified atom stereocenters. The number of rotatable bonds is 6. The van der Waals surface area contributed by atoms with Gasteiger partial charge in [0.05, 0.1) is 0 Å². The second-order valence-corrected chi connectivity index (χ2v) is 8.25. The standard InChI is InChI=1S/C22H36N4/c1-18-8-10-21(11-9-18)25-22(23-2)24-16-20-13-15-26(17-20)14-12-19-6-4-3-5-7-19/h3-7,18,20-21H,8-17H2,1-2H3,(H2,23,24,25). The Labute approximate surface area is 159 Å². The van der Waals surface area contributed by atoms with Crippen molar-refractivity contribution in [1.29, 1.82) is 0 Å². The van der Waals surface area contributed by atoms with Gasteiger partial charge in [0.1, 0.15) is 0 Å². The smallest absolute Gasteiger partial charge is 0.191 e. The molecule has 1 aromatic rings. The van der Waals surface area contributed by atoms with Crippen LogP contribution >= 0.6 is 0 Å². The maximum absolute atomic E-state index is 4.44. The van der Waals surface area contributed by atoms with Crippen LogP contribution in [0.2, 0.25) is 0 Å². The van der Waals surface area contributed by atoms with Crippen LogP contribution in [0.1, 0.15) is 44.6 Å². The number of hydrogen-bond acceptors (Lipinski definition) is 2. The van der Waals surface area contributed by atoms with Crippen molar-refractivity contribution < 1.29 is 0 Å². The topological polar surface area (TPSA) is 39.7 Å². The molecule has 0 aromatic heterocycles. The lowest BCUT2D eigenvalue weighted by molar-refractivity contribution is 0.324. The predicted molar refractivity (Wildman–Crippen MR) is 111 cm³/mol. The molecule has 3 rings (SSSR count). The van der Waals surface area contributed by atoms with Crippen molar-refractivity contribution in [2.45, 2.75) is 51.5 Å². The number of hydrogen-bond donors (Lipinski definition) is 2. The first-order chi connectivity index (χ1) is 12.7. The van der Waals surface area contributed by atoms with Crippen molar-refractivity contribution in [3.63, 3.8) is 0 Å². The van der Waals surface area contributed by atoms with E-state index in [9.17, 15) is 0 Å². The average Bonchev–Trinajstić information content (AvgIpc) is 3.14. The van der Waals surface area contributed by atoms with Gasteiger partial charge in [-0.05, 0) is 62.5 Å². The molecule has 4 nitrogen and oxygen atoms in total. The fraction of sp³-hybridized carbons (Fsp3) is 0.682. The highest BCUT2D eigenvalue weighted by atomic mass is 15.2. The van der Waals surface area contributed by atoms with Gasteiger partial charge >= 0.3 is 0 Å². The lowest BCUT2D eigenvalue weighted by atomic mass is 9.87. The second kappa shape index (κ2) is 9.96. The van der Waals surface area contributed by atoms with E-state index < -0.39 is 0 Å². The molecule has 0 radical (unpaired) electrons. The molecule has 1 aromatic carbocycles. The molecule has 0 spiro atoms. The van der Waals surface area contributed by atoms with Gasteiger partial charge in [0.15, 0.2) is 5.96 Å². The van der Waals surface area contributed by atoms with E-state index in [4.69, 9.17) is 0 Å². The van der Waals surface area contributed by atoms with Crippen LogP contribution in [0.4, 0.5) is 0 Å². The highest BCUT2D eigenvalue weighted by molar-refractivity contribution is 5.79. The van der Waals surface area contributed by atoms with Crippen molar-refractivity contribution in [3.05, 3.63) is 35.9 Å². The van der Waals surface area contributed by atoms with E-state index in [0.717, 1.165) is 30.8 Å². The van der Waals surface area contributed by atoms with E-state index in [1.54, 1.807) is 0 Å². The molecule has 1 atom stereocenters. The van der Waals surface area contributed by atoms with Gasteiger partial charge in [-0.1, -0.05) is 37.3 Å². The van der Waals surface area contributed by atoms with Crippen molar-refractivity contribution in [3.8, 4) is 0 Å². The van der Waals surface area contributed by atoms with Crippen LogP contribution in [-0.4, -0.2) is 50.1 Å². The maximum atomic E-state index is 4.44. The van der Waals surface area contributed by atoms with Gasteiger partial charge < -0.3 is 15.5 Å². The summed E-state index contributed by atoms with van der Waals surface area (Å²) in [6.07, 6.45) is 7.68. The number of nitrogens with one attached hydrogen (secondary N) is 2. The van der Waals surface area contributed by atoms with Gasteiger partial charge in [-0.2, -0.15) is 0 Å². The highest BCUT2D eigenvalue weighted by Crippen LogP contribution is 2.23. The molecule has 2 fully saturated rings. The van der Waals surface area contributed by atoms with Crippen LogP contribution in [0.3, 0.4) is 0 Å². The molecule has 1 heterocycles. The van der Waals surface area contributed by atoms with Crippen LogP contribution in [0.25, 0.3) is 0 Å². The molecule has 0 amide bonds. The zero-order valence-corrected chi connectivity index (χ0v) is 16.6. The Morgan fingerprint density at radius 2 is 1.88 bits per heavy atom. The van der Waals surface area contributed by atoms with Crippen LogP contribution in [0, 0.1) is 11.8 Å². The summed E-state index contributed by atoms with van der Waals surface area (Å²) in [5, 5.41) is 7.21. The Balaban J connectivity index is 1.34. The summed E-state index contributed by atoms with van der Waals surface area (Å²) < 4.78 is 0. The normalized spacial score (nSPS) is 27.5. The first kappa shape index (κ1) is 19.2. The van der Waals surface area contributed by atoms with Crippen LogP contribution in [0.5, 0.6) is 0 Å². The van der Waals surface area contributed by atoms with Crippen LogP contribution in [-0.2, 0) is 6.42 Å². The third-order valence-corrected chi connectivity index (χ3v) is 6.07. The van der Waals surface area contributed by atoms with E-state index in [2.05, 4.69) is 57.8 Å². The zero-order chi connectivity index (χ0) is 18.2. The van der Waals surface area contributed by atoms with Gasteiger partial charge in [-0.25, -0.2) is 0 Å². The van der Waals surface area contributed by atoms with Gasteiger partial charge in [0, 0.05) is 32.7 Å². The quantitative estimate of drug-likeness (QED) is 0.607. The predicted octanol–water partition coefficient (Wildman–Crippen LogP) is 3.29. The summed E-state index contributed by atoms with van der Waals surface area (Å²) in [6, 6.07) is 11.4. The fourth-order valence-corrected chi connectivity index (χ4v) is 4.25. The Bertz CT molecular complexity index is 549. The fourth-order valence-electron chi connectivity index (χ4n) is 4.25. The van der Waals surface area contributed by atoms with Crippen molar-refractivity contribution in [1.82, 2.24) is 15.5 Å². The van der Waals surface area contributed by atoms with E-state index >= 15 is 0 Å². The summed E-state index contributed by atoms with van der Waals surface area (Å²) in [5.41, 5.74) is 1.44. The van der Waals surface area contributed by atoms with Crippen LogP contribution < -0.4 is 10.6 Å². The molecule has 2 N–H and O–H groups in total. The molecule has 1 aliphatic heterocycles. The van der Waals surface area contributed by atoms with E-state index in [0.29, 0.717) is 6.04 Å². The van der Waals surface area contributed by atoms with Crippen molar-refractivity contribution in [2.24, 2.45) is 16.8 Å². The minimum absolute atomic E-state index is 0.600. The van der Waals surface area contributed by atoms with Gasteiger partial charge in [-0.3, -0.25) is 4.99 Å². The zero-order valence-electron chi connectivity index (χ0n) is 16.6. The number of benzene rings is 1. The van der Waals surface area contributed by atoms with Crippen LogP contribution in [0.15, 0.2) is 35.3 Å². The largest absolute Gasteiger partial charge is 0.356 e. The summed E-state index contributed by atoms with van der Waals surface area (Å²) in [7, 11) is 1.89. The molecular weight excluding hydrogens is 320 g/mol. The molecule has 144 valence electrons. The average molecular weight is 357 g/mol. The molecular formula is C22H36N4. The maximum Gasteiger partial charge on any atom is 0.191 e. The number of nitrogens with zero attached hydrogens (tertiary/aromatic N) is 2. The first-order valence-electron chi connectivity index (χ1n) is 10.5. The third-order valence-electron chi connectivity index (χ3n) is 6.07. The van der Waals surface area contributed by atoms with Gasteiger partial charge in [0.25, 0.3) is 0 Å². The Morgan fingerprint density at radius 1 is 1.12 bits per heavy atom. The summed E-state index contributed by atoms with van der Waals surface area (Å²) in [4.78, 5) is 7.05. The molecule has 4 heteroatoms. The van der Waals surface area contributed by atoms with E-state index in [-0.39, 0.29) is 0 Å².